The Kier molecular flexibility index (Phi) is 19.9. The normalized spacial score (nSPS) is 4.75. The molecule has 0 fully saturated rings. The molecule has 0 unspecified atom stereocenters. The molecule has 0 aliphatic rings. The summed E-state index contributed by atoms with van der Waals surface area (Å²) in [5.74, 6) is 0. The van der Waals surface area contributed by atoms with Gasteiger partial charge in [0.1, 0.15) is 0 Å². The van der Waals surface area contributed by atoms with Gasteiger partial charge in [-0.2, -0.15) is 0 Å². The van der Waals surface area contributed by atoms with Crippen molar-refractivity contribution in [2.24, 2.45) is 0 Å². The van der Waals surface area contributed by atoms with Gasteiger partial charge in [-0.15, -0.1) is 17.0 Å². The van der Waals surface area contributed by atoms with Crippen LogP contribution in [-0.4, -0.2) is 0 Å². The van der Waals surface area contributed by atoms with E-state index < -0.39 is 0 Å². The summed E-state index contributed by atoms with van der Waals surface area (Å²) in [6.45, 7) is 2.18. The molecule has 23 valence electrons. The summed E-state index contributed by atoms with van der Waals surface area (Å²) < 4.78 is 0. The molecule has 4 heavy (non-hydrogen) atoms. The third-order valence-electron chi connectivity index (χ3n) is 0. The van der Waals surface area contributed by atoms with Crippen LogP contribution in [0.25, 0.3) is 0 Å². The molecule has 0 aromatic rings. The molecule has 0 heterocycles. The maximum absolute atomic E-state index is 2.18. The summed E-state index contributed by atoms with van der Waals surface area (Å²) in [6, 6.07) is 0. The monoisotopic (exact) mass is 173 g/mol. The van der Waals surface area contributed by atoms with Crippen LogP contribution in [0, 0.1) is 0 Å². The Morgan fingerprint density at radius 1 is 1.75 bits per heavy atom. The fourth-order valence-corrected chi connectivity index (χ4v) is 0. The molecule has 0 aromatic carbocycles. The van der Waals surface area contributed by atoms with Crippen molar-refractivity contribution >= 4 is 17.0 Å². The van der Waals surface area contributed by atoms with E-state index in [0.717, 1.165) is 0 Å². The SMILES string of the molecule is Br.C[CH2][Zn]. The van der Waals surface area contributed by atoms with E-state index in [2.05, 4.69) is 6.92 Å². The van der Waals surface area contributed by atoms with Crippen LogP contribution < -0.4 is 0 Å². The predicted molar refractivity (Wildman–Crippen MR) is 20.8 cm³/mol. The second-order valence-corrected chi connectivity index (χ2v) is 2.60. The van der Waals surface area contributed by atoms with Gasteiger partial charge >= 0.3 is 30.2 Å². The Bertz CT molecular complexity index is 6.00. The van der Waals surface area contributed by atoms with E-state index in [1.807, 2.05) is 0 Å². The van der Waals surface area contributed by atoms with Crippen molar-refractivity contribution in [2.45, 2.75) is 11.9 Å². The molecule has 0 aromatic heterocycles. The third-order valence-corrected chi connectivity index (χ3v) is 0. The van der Waals surface area contributed by atoms with Crippen molar-refractivity contribution in [3.05, 3.63) is 0 Å². The molecule has 0 bridgehead atoms. The fourth-order valence-electron chi connectivity index (χ4n) is 0. The Hall–Kier alpha value is 1.10. The van der Waals surface area contributed by atoms with E-state index >= 15 is 0 Å². The molecule has 0 rings (SSSR count). The summed E-state index contributed by atoms with van der Waals surface area (Å²) >= 11 is 1.44. The van der Waals surface area contributed by atoms with E-state index in [9.17, 15) is 0 Å². The Morgan fingerprint density at radius 2 is 1.75 bits per heavy atom. The predicted octanol–water partition coefficient (Wildman–Crippen LogP) is 1.55. The standard InChI is InChI=1S/C2H5.BrH.Zn/c1-2;;/h1H2,2H3;1H;. The van der Waals surface area contributed by atoms with Gasteiger partial charge in [-0.05, 0) is 0 Å². The van der Waals surface area contributed by atoms with Gasteiger partial charge < -0.3 is 0 Å². The molecule has 0 N–H and O–H groups in total. The number of halogens is 1. The maximum atomic E-state index is 2.18. The van der Waals surface area contributed by atoms with E-state index in [4.69, 9.17) is 0 Å². The first-order chi connectivity index (χ1) is 1.41. The van der Waals surface area contributed by atoms with Gasteiger partial charge in [0.15, 0.2) is 0 Å². The average molecular weight is 175 g/mol. The zero-order valence-corrected chi connectivity index (χ0v) is 7.50. The molecule has 0 atom stereocenters. The van der Waals surface area contributed by atoms with E-state index in [1.165, 1.54) is 23.3 Å². The van der Waals surface area contributed by atoms with Crippen LogP contribution in [0.3, 0.4) is 0 Å². The zero-order valence-electron chi connectivity index (χ0n) is 2.82. The van der Waals surface area contributed by atoms with E-state index in [-0.39, 0.29) is 17.0 Å². The van der Waals surface area contributed by atoms with Gasteiger partial charge in [-0.3, -0.25) is 0 Å². The van der Waals surface area contributed by atoms with Gasteiger partial charge in [-0.25, -0.2) is 0 Å². The molecule has 0 nitrogen and oxygen atoms in total. The number of rotatable bonds is 0. The van der Waals surface area contributed by atoms with Gasteiger partial charge in [0.25, 0.3) is 0 Å². The first kappa shape index (κ1) is 8.92. The molecule has 0 aliphatic carbocycles. The third kappa shape index (κ3) is 11.3. The van der Waals surface area contributed by atoms with Crippen molar-refractivity contribution < 1.29 is 18.3 Å². The summed E-state index contributed by atoms with van der Waals surface area (Å²) in [7, 11) is 0. The van der Waals surface area contributed by atoms with Crippen LogP contribution in [0.2, 0.25) is 5.02 Å². The molecule has 0 amide bonds. The number of hydrogen-bond donors (Lipinski definition) is 0. The molecule has 0 radical (unpaired) electrons. The van der Waals surface area contributed by atoms with Crippen molar-refractivity contribution in [1.82, 2.24) is 0 Å². The Balaban J connectivity index is 0. The molecular formula is C2H6BrZn. The van der Waals surface area contributed by atoms with Crippen LogP contribution in [-0.2, 0) is 18.3 Å². The summed E-state index contributed by atoms with van der Waals surface area (Å²) in [6.07, 6.45) is 0. The molecule has 0 aliphatic heterocycles. The zero-order chi connectivity index (χ0) is 2.71. The van der Waals surface area contributed by atoms with Crippen LogP contribution in [0.15, 0.2) is 0 Å². The van der Waals surface area contributed by atoms with Gasteiger partial charge in [0, 0.05) is 0 Å². The molecular weight excluding hydrogens is 169 g/mol. The molecule has 0 spiro atoms. The van der Waals surface area contributed by atoms with Crippen molar-refractivity contribution in [3.63, 3.8) is 0 Å². The van der Waals surface area contributed by atoms with Crippen LogP contribution in [0.5, 0.6) is 0 Å². The first-order valence-corrected chi connectivity index (χ1v) is 3.31. The Labute approximate surface area is 47.4 Å². The second kappa shape index (κ2) is 8.93. The average Bonchev–Trinajstić information content (AvgIpc) is 0.918. The van der Waals surface area contributed by atoms with E-state index in [0.29, 0.717) is 0 Å². The summed E-state index contributed by atoms with van der Waals surface area (Å²) in [5.41, 5.74) is 0. The molecule has 0 saturated heterocycles. The van der Waals surface area contributed by atoms with Gasteiger partial charge in [-0.1, -0.05) is 0 Å². The van der Waals surface area contributed by atoms with Gasteiger partial charge in [0.2, 0.25) is 0 Å². The molecule has 2 heteroatoms. The fraction of sp³-hybridized carbons (Fsp3) is 1.00. The quantitative estimate of drug-likeness (QED) is 0.490. The van der Waals surface area contributed by atoms with Crippen LogP contribution in [0.4, 0.5) is 0 Å². The van der Waals surface area contributed by atoms with E-state index in [1.54, 1.807) is 0 Å². The Morgan fingerprint density at radius 3 is 1.75 bits per heavy atom. The van der Waals surface area contributed by atoms with Crippen molar-refractivity contribution in [2.75, 3.05) is 0 Å². The first-order valence-electron chi connectivity index (χ1n) is 1.21. The van der Waals surface area contributed by atoms with Crippen molar-refractivity contribution in [3.8, 4) is 0 Å². The van der Waals surface area contributed by atoms with Crippen LogP contribution >= 0.6 is 17.0 Å². The van der Waals surface area contributed by atoms with Crippen LogP contribution in [0.1, 0.15) is 6.92 Å². The topological polar surface area (TPSA) is 0 Å². The number of hydrogen-bond acceptors (Lipinski definition) is 0. The van der Waals surface area contributed by atoms with Gasteiger partial charge in [0.05, 0.1) is 0 Å². The van der Waals surface area contributed by atoms with Crippen molar-refractivity contribution in [1.29, 1.82) is 0 Å². The summed E-state index contributed by atoms with van der Waals surface area (Å²) in [4.78, 5) is 0. The molecule has 0 saturated carbocycles. The second-order valence-electron chi connectivity index (χ2n) is 0.500. The minimum atomic E-state index is 0. The summed E-state index contributed by atoms with van der Waals surface area (Å²) in [5, 5.41) is 1.38. The minimum absolute atomic E-state index is 0.